The summed E-state index contributed by atoms with van der Waals surface area (Å²) < 4.78 is 5.45. The summed E-state index contributed by atoms with van der Waals surface area (Å²) in [6.07, 6.45) is 3.59. The maximum absolute atomic E-state index is 10.8. The van der Waals surface area contributed by atoms with E-state index in [0.717, 1.165) is 64.5 Å². The van der Waals surface area contributed by atoms with Gasteiger partial charge in [-0.15, -0.1) is 0 Å². The minimum atomic E-state index is -0.653. The summed E-state index contributed by atoms with van der Waals surface area (Å²) >= 11 is 0. The second kappa shape index (κ2) is 11.0. The molecule has 148 valence electrons. The van der Waals surface area contributed by atoms with Crippen molar-refractivity contribution in [3.8, 4) is 0 Å². The zero-order valence-corrected chi connectivity index (χ0v) is 17.0. The van der Waals surface area contributed by atoms with E-state index in [2.05, 4.69) is 50.2 Å². The zero-order chi connectivity index (χ0) is 18.8. The lowest BCUT2D eigenvalue weighted by atomic mass is 9.93. The van der Waals surface area contributed by atoms with E-state index in [1.54, 1.807) is 0 Å². The lowest BCUT2D eigenvalue weighted by Crippen LogP contribution is -2.52. The largest absolute Gasteiger partial charge is 0.388 e. The Balaban J connectivity index is 2.65. The molecule has 1 fully saturated rings. The number of aliphatic imine (C=N–C) groups is 1. The van der Waals surface area contributed by atoms with Crippen LogP contribution in [0.4, 0.5) is 0 Å². The first-order valence-electron chi connectivity index (χ1n) is 9.94. The van der Waals surface area contributed by atoms with Gasteiger partial charge < -0.3 is 20.5 Å². The highest BCUT2D eigenvalue weighted by Crippen LogP contribution is 2.19. The summed E-state index contributed by atoms with van der Waals surface area (Å²) in [4.78, 5) is 7.22. The number of guanidine groups is 1. The molecule has 1 heterocycles. The number of hydrogen-bond donors (Lipinski definition) is 3. The average Bonchev–Trinajstić information content (AvgIpc) is 2.59. The Morgan fingerprint density at radius 3 is 2.20 bits per heavy atom. The third-order valence-corrected chi connectivity index (χ3v) is 4.85. The van der Waals surface area contributed by atoms with Crippen molar-refractivity contribution in [3.05, 3.63) is 0 Å². The van der Waals surface area contributed by atoms with Crippen LogP contribution in [0, 0.1) is 0 Å². The monoisotopic (exact) mass is 356 g/mol. The molecule has 0 atom stereocenters. The molecule has 1 rings (SSSR count). The quantitative estimate of drug-likeness (QED) is 0.412. The summed E-state index contributed by atoms with van der Waals surface area (Å²) in [5.74, 6) is 0.787. The topological polar surface area (TPSA) is 69.1 Å². The van der Waals surface area contributed by atoms with Gasteiger partial charge in [0, 0.05) is 31.7 Å². The van der Waals surface area contributed by atoms with E-state index in [-0.39, 0.29) is 5.54 Å². The van der Waals surface area contributed by atoms with Gasteiger partial charge in [0.15, 0.2) is 5.96 Å². The van der Waals surface area contributed by atoms with Crippen LogP contribution in [-0.2, 0) is 4.74 Å². The highest BCUT2D eigenvalue weighted by Gasteiger charge is 2.28. The Morgan fingerprint density at radius 1 is 1.08 bits per heavy atom. The Hall–Kier alpha value is -0.850. The fourth-order valence-corrected chi connectivity index (χ4v) is 3.36. The number of ether oxygens (including phenoxy) is 1. The number of aliphatic hydroxyl groups is 1. The van der Waals surface area contributed by atoms with E-state index in [1.165, 1.54) is 0 Å². The SMILES string of the molecule is CCCC(O)(CCC)CNC(=NCC(C)(C)N1CCOCC1)NCC. The van der Waals surface area contributed by atoms with Crippen LogP contribution in [0.1, 0.15) is 60.3 Å². The fraction of sp³-hybridized carbons (Fsp3) is 0.947. The van der Waals surface area contributed by atoms with Crippen LogP contribution in [0.25, 0.3) is 0 Å². The normalized spacial score (nSPS) is 17.6. The number of nitrogens with one attached hydrogen (secondary N) is 2. The van der Waals surface area contributed by atoms with Crippen LogP contribution in [0.15, 0.2) is 4.99 Å². The van der Waals surface area contributed by atoms with Crippen LogP contribution in [-0.4, -0.2) is 73.0 Å². The first kappa shape index (κ1) is 22.2. The standard InChI is InChI=1S/C19H40N4O2/c1-6-9-19(24,10-7-2)16-22-17(20-8-3)21-15-18(4,5)23-11-13-25-14-12-23/h24H,6-16H2,1-5H3,(H2,20,21,22). The lowest BCUT2D eigenvalue weighted by molar-refractivity contribution is -0.00687. The van der Waals surface area contributed by atoms with Gasteiger partial charge in [-0.25, -0.2) is 0 Å². The van der Waals surface area contributed by atoms with Crippen molar-refractivity contribution < 1.29 is 9.84 Å². The molecular weight excluding hydrogens is 316 g/mol. The van der Waals surface area contributed by atoms with Crippen molar-refractivity contribution in [1.29, 1.82) is 0 Å². The molecule has 6 heteroatoms. The predicted octanol–water partition coefficient (Wildman–Crippen LogP) is 1.98. The molecular formula is C19H40N4O2. The lowest BCUT2D eigenvalue weighted by Gasteiger charge is -2.40. The first-order chi connectivity index (χ1) is 11.9. The van der Waals surface area contributed by atoms with Crippen LogP contribution < -0.4 is 10.6 Å². The van der Waals surface area contributed by atoms with Crippen LogP contribution in [0.5, 0.6) is 0 Å². The van der Waals surface area contributed by atoms with Gasteiger partial charge in [0.25, 0.3) is 0 Å². The van der Waals surface area contributed by atoms with Gasteiger partial charge in [0.1, 0.15) is 0 Å². The Morgan fingerprint density at radius 2 is 1.68 bits per heavy atom. The fourth-order valence-electron chi connectivity index (χ4n) is 3.36. The summed E-state index contributed by atoms with van der Waals surface area (Å²) in [6, 6.07) is 0. The summed E-state index contributed by atoms with van der Waals surface area (Å²) in [5, 5.41) is 17.4. The third-order valence-electron chi connectivity index (χ3n) is 4.85. The molecule has 3 N–H and O–H groups in total. The van der Waals surface area contributed by atoms with Crippen molar-refractivity contribution in [2.75, 3.05) is 45.9 Å². The Labute approximate surface area is 154 Å². The van der Waals surface area contributed by atoms with Crippen molar-refractivity contribution in [1.82, 2.24) is 15.5 Å². The first-order valence-corrected chi connectivity index (χ1v) is 9.94. The van der Waals surface area contributed by atoms with Gasteiger partial charge in [-0.1, -0.05) is 26.7 Å². The maximum Gasteiger partial charge on any atom is 0.191 e. The Kier molecular flexibility index (Phi) is 9.75. The Bertz CT molecular complexity index is 387. The van der Waals surface area contributed by atoms with Gasteiger partial charge in [-0.3, -0.25) is 9.89 Å². The number of nitrogens with zero attached hydrogens (tertiary/aromatic N) is 2. The van der Waals surface area contributed by atoms with Gasteiger partial charge >= 0.3 is 0 Å². The summed E-state index contributed by atoms with van der Waals surface area (Å²) in [7, 11) is 0. The molecule has 0 unspecified atom stereocenters. The molecule has 1 aliphatic rings. The second-order valence-electron chi connectivity index (χ2n) is 7.68. The zero-order valence-electron chi connectivity index (χ0n) is 17.0. The molecule has 0 saturated carbocycles. The van der Waals surface area contributed by atoms with Gasteiger partial charge in [-0.2, -0.15) is 0 Å². The smallest absolute Gasteiger partial charge is 0.191 e. The molecule has 0 bridgehead atoms. The van der Waals surface area contributed by atoms with Crippen molar-refractivity contribution in [3.63, 3.8) is 0 Å². The minimum Gasteiger partial charge on any atom is -0.388 e. The summed E-state index contributed by atoms with van der Waals surface area (Å²) in [6.45, 7) is 16.3. The molecule has 0 aromatic heterocycles. The number of morpholine rings is 1. The molecule has 0 radical (unpaired) electrons. The second-order valence-corrected chi connectivity index (χ2v) is 7.68. The van der Waals surface area contributed by atoms with E-state index < -0.39 is 5.60 Å². The summed E-state index contributed by atoms with van der Waals surface area (Å²) in [5.41, 5.74) is -0.658. The van der Waals surface area contributed by atoms with Crippen LogP contribution >= 0.6 is 0 Å². The van der Waals surface area contributed by atoms with Gasteiger partial charge in [0.05, 0.1) is 25.4 Å². The molecule has 1 saturated heterocycles. The van der Waals surface area contributed by atoms with Crippen molar-refractivity contribution >= 4 is 5.96 Å². The molecule has 0 aliphatic carbocycles. The van der Waals surface area contributed by atoms with Gasteiger partial charge in [0.2, 0.25) is 0 Å². The molecule has 1 aliphatic heterocycles. The van der Waals surface area contributed by atoms with E-state index in [4.69, 9.17) is 9.73 Å². The van der Waals surface area contributed by atoms with Crippen LogP contribution in [0.2, 0.25) is 0 Å². The van der Waals surface area contributed by atoms with E-state index in [0.29, 0.717) is 13.1 Å². The van der Waals surface area contributed by atoms with E-state index in [1.807, 2.05) is 0 Å². The van der Waals surface area contributed by atoms with Crippen molar-refractivity contribution in [2.24, 2.45) is 4.99 Å². The van der Waals surface area contributed by atoms with Crippen molar-refractivity contribution in [2.45, 2.75) is 71.4 Å². The average molecular weight is 357 g/mol. The highest BCUT2D eigenvalue weighted by atomic mass is 16.5. The predicted molar refractivity (Wildman–Crippen MR) is 105 cm³/mol. The highest BCUT2D eigenvalue weighted by molar-refractivity contribution is 5.79. The minimum absolute atomic E-state index is 0.00469. The molecule has 6 nitrogen and oxygen atoms in total. The molecule has 25 heavy (non-hydrogen) atoms. The van der Waals surface area contributed by atoms with E-state index in [9.17, 15) is 5.11 Å². The molecule has 0 spiro atoms. The van der Waals surface area contributed by atoms with E-state index >= 15 is 0 Å². The number of rotatable bonds is 10. The molecule has 0 amide bonds. The maximum atomic E-state index is 10.8. The molecule has 0 aromatic carbocycles. The number of hydrogen-bond acceptors (Lipinski definition) is 4. The molecule has 0 aromatic rings. The third kappa shape index (κ3) is 7.92. The van der Waals surface area contributed by atoms with Crippen LogP contribution in [0.3, 0.4) is 0 Å². The van der Waals surface area contributed by atoms with Gasteiger partial charge in [-0.05, 0) is 33.6 Å².